The number of carbonyl (C=O) groups excluding carboxylic acids is 1. The summed E-state index contributed by atoms with van der Waals surface area (Å²) in [4.78, 5) is 20.9. The minimum atomic E-state index is -0.846. The van der Waals surface area contributed by atoms with Crippen LogP contribution in [0.3, 0.4) is 0 Å². The summed E-state index contributed by atoms with van der Waals surface area (Å²) < 4.78 is 0. The predicted molar refractivity (Wildman–Crippen MR) is 50.8 cm³/mol. The van der Waals surface area contributed by atoms with Crippen LogP contribution >= 0.6 is 0 Å². The van der Waals surface area contributed by atoms with Crippen molar-refractivity contribution in [2.24, 2.45) is 5.73 Å². The van der Waals surface area contributed by atoms with Crippen LogP contribution in [0, 0.1) is 17.0 Å². The van der Waals surface area contributed by atoms with E-state index in [2.05, 4.69) is 0 Å². The smallest absolute Gasteiger partial charge is 0.305 e. The van der Waals surface area contributed by atoms with Gasteiger partial charge in [0.05, 0.1) is 4.92 Å². The molecule has 1 aromatic rings. The molecule has 1 aromatic carbocycles. The van der Waals surface area contributed by atoms with Crippen molar-refractivity contribution in [3.8, 4) is 0 Å². The number of rotatable bonds is 2. The fraction of sp³-hybridized carbons (Fsp3) is 0.125. The van der Waals surface area contributed by atoms with Gasteiger partial charge in [0.25, 0.3) is 5.91 Å². The Morgan fingerprint density at radius 3 is 2.43 bits per heavy atom. The molecule has 0 saturated carbocycles. The number of nitro groups is 1. The lowest BCUT2D eigenvalue weighted by molar-refractivity contribution is -0.384. The number of hydrogen-bond donors (Lipinski definition) is 2. The zero-order valence-corrected chi connectivity index (χ0v) is 7.48. The molecule has 0 aliphatic heterocycles. The van der Waals surface area contributed by atoms with Gasteiger partial charge in [-0.1, -0.05) is 6.07 Å². The minimum Gasteiger partial charge on any atom is -0.393 e. The molecular weight excluding hydrogens is 186 g/mol. The van der Waals surface area contributed by atoms with E-state index in [1.54, 1.807) is 6.92 Å². The quantitative estimate of drug-likeness (QED) is 0.408. The SMILES string of the molecule is Cc1ccc(N)c([N+](=O)[O-])c1C(N)=O. The fourth-order valence-electron chi connectivity index (χ4n) is 1.22. The van der Waals surface area contributed by atoms with E-state index >= 15 is 0 Å². The number of primary amides is 1. The Hall–Kier alpha value is -2.11. The van der Waals surface area contributed by atoms with Crippen LogP contribution in [-0.2, 0) is 0 Å². The summed E-state index contributed by atoms with van der Waals surface area (Å²) in [6.45, 7) is 1.56. The molecule has 1 rings (SSSR count). The van der Waals surface area contributed by atoms with E-state index in [9.17, 15) is 14.9 Å². The highest BCUT2D eigenvalue weighted by molar-refractivity contribution is 6.00. The molecule has 4 N–H and O–H groups in total. The number of nitrogens with zero attached hydrogens (tertiary/aromatic N) is 1. The normalized spacial score (nSPS) is 9.79. The Bertz CT molecular complexity index is 376. The zero-order chi connectivity index (χ0) is 10.9. The Morgan fingerprint density at radius 1 is 1.50 bits per heavy atom. The van der Waals surface area contributed by atoms with Gasteiger partial charge in [0.15, 0.2) is 0 Å². The van der Waals surface area contributed by atoms with Crippen molar-refractivity contribution in [1.82, 2.24) is 0 Å². The molecule has 6 nitrogen and oxygen atoms in total. The van der Waals surface area contributed by atoms with Crippen LogP contribution in [0.5, 0.6) is 0 Å². The standard InChI is InChI=1S/C8H9N3O3/c1-4-2-3-5(9)7(11(13)14)6(4)8(10)12/h2-3H,9H2,1H3,(H2,10,12). The molecule has 0 aliphatic carbocycles. The lowest BCUT2D eigenvalue weighted by Crippen LogP contribution is -2.16. The molecule has 1 amide bonds. The first-order valence-corrected chi connectivity index (χ1v) is 3.78. The van der Waals surface area contributed by atoms with E-state index < -0.39 is 16.5 Å². The first-order chi connectivity index (χ1) is 6.45. The molecule has 0 bridgehead atoms. The highest BCUT2D eigenvalue weighted by Gasteiger charge is 2.23. The molecule has 0 fully saturated rings. The average molecular weight is 195 g/mol. The third kappa shape index (κ3) is 1.49. The van der Waals surface area contributed by atoms with Gasteiger partial charge >= 0.3 is 5.69 Å². The summed E-state index contributed by atoms with van der Waals surface area (Å²) in [5.41, 5.74) is 10.2. The number of aryl methyl sites for hydroxylation is 1. The molecule has 6 heteroatoms. The lowest BCUT2D eigenvalue weighted by atomic mass is 10.0. The van der Waals surface area contributed by atoms with Gasteiger partial charge in [0, 0.05) is 0 Å². The highest BCUT2D eigenvalue weighted by Crippen LogP contribution is 2.28. The predicted octanol–water partition coefficient (Wildman–Crippen LogP) is 0.584. The van der Waals surface area contributed by atoms with Crippen LogP contribution < -0.4 is 11.5 Å². The largest absolute Gasteiger partial charge is 0.393 e. The maximum atomic E-state index is 11.0. The molecule has 0 atom stereocenters. The number of benzene rings is 1. The number of hydrogen-bond acceptors (Lipinski definition) is 4. The van der Waals surface area contributed by atoms with Gasteiger partial charge in [-0.05, 0) is 18.6 Å². The van der Waals surface area contributed by atoms with E-state index in [4.69, 9.17) is 11.5 Å². The van der Waals surface area contributed by atoms with Gasteiger partial charge in [0.1, 0.15) is 11.3 Å². The number of carbonyl (C=O) groups is 1. The Labute approximate surface area is 79.7 Å². The molecule has 0 aromatic heterocycles. The molecule has 0 aliphatic rings. The summed E-state index contributed by atoms with van der Waals surface area (Å²) in [5, 5.41) is 10.6. The van der Waals surface area contributed by atoms with Gasteiger partial charge in [-0.2, -0.15) is 0 Å². The van der Waals surface area contributed by atoms with Crippen LogP contribution in [-0.4, -0.2) is 10.8 Å². The van der Waals surface area contributed by atoms with E-state index in [1.807, 2.05) is 0 Å². The van der Waals surface area contributed by atoms with Crippen LogP contribution in [0.15, 0.2) is 12.1 Å². The van der Waals surface area contributed by atoms with Crippen LogP contribution in [0.2, 0.25) is 0 Å². The summed E-state index contributed by atoms with van der Waals surface area (Å²) in [6, 6.07) is 2.89. The van der Waals surface area contributed by atoms with Gasteiger partial charge < -0.3 is 11.5 Å². The Kier molecular flexibility index (Phi) is 2.37. The monoisotopic (exact) mass is 195 g/mol. The molecule has 74 valence electrons. The number of anilines is 1. The van der Waals surface area contributed by atoms with Crippen molar-refractivity contribution < 1.29 is 9.72 Å². The second kappa shape index (κ2) is 3.33. The van der Waals surface area contributed by atoms with Gasteiger partial charge in [-0.15, -0.1) is 0 Å². The first-order valence-electron chi connectivity index (χ1n) is 3.78. The third-order valence-electron chi connectivity index (χ3n) is 1.85. The van der Waals surface area contributed by atoms with Crippen molar-refractivity contribution in [2.45, 2.75) is 6.92 Å². The molecule has 0 spiro atoms. The number of nitrogen functional groups attached to an aromatic ring is 1. The van der Waals surface area contributed by atoms with Gasteiger partial charge in [-0.25, -0.2) is 0 Å². The van der Waals surface area contributed by atoms with Crippen molar-refractivity contribution >= 4 is 17.3 Å². The zero-order valence-electron chi connectivity index (χ0n) is 7.48. The first kappa shape index (κ1) is 9.97. The molecular formula is C8H9N3O3. The third-order valence-corrected chi connectivity index (χ3v) is 1.85. The molecule has 0 radical (unpaired) electrons. The summed E-state index contributed by atoms with van der Waals surface area (Å²) in [6.07, 6.45) is 0. The van der Waals surface area contributed by atoms with E-state index in [0.717, 1.165) is 0 Å². The topological polar surface area (TPSA) is 112 Å². The Morgan fingerprint density at radius 2 is 2.07 bits per heavy atom. The number of nitro benzene ring substituents is 1. The highest BCUT2D eigenvalue weighted by atomic mass is 16.6. The second-order valence-electron chi connectivity index (χ2n) is 2.82. The maximum Gasteiger partial charge on any atom is 0.305 e. The fourth-order valence-corrected chi connectivity index (χ4v) is 1.22. The van der Waals surface area contributed by atoms with Gasteiger partial charge in [-0.3, -0.25) is 14.9 Å². The number of nitrogens with two attached hydrogens (primary N) is 2. The van der Waals surface area contributed by atoms with E-state index in [-0.39, 0.29) is 11.3 Å². The van der Waals surface area contributed by atoms with Crippen molar-refractivity contribution in [3.63, 3.8) is 0 Å². The van der Waals surface area contributed by atoms with E-state index in [1.165, 1.54) is 12.1 Å². The van der Waals surface area contributed by atoms with Crippen LogP contribution in [0.4, 0.5) is 11.4 Å². The van der Waals surface area contributed by atoms with Gasteiger partial charge in [0.2, 0.25) is 0 Å². The average Bonchev–Trinajstić information content (AvgIpc) is 2.07. The van der Waals surface area contributed by atoms with Crippen LogP contribution in [0.25, 0.3) is 0 Å². The second-order valence-corrected chi connectivity index (χ2v) is 2.82. The van der Waals surface area contributed by atoms with Crippen LogP contribution in [0.1, 0.15) is 15.9 Å². The summed E-state index contributed by atoms with van der Waals surface area (Å²) in [5.74, 6) is -0.846. The molecule has 0 heterocycles. The maximum absolute atomic E-state index is 11.0. The summed E-state index contributed by atoms with van der Waals surface area (Å²) in [7, 11) is 0. The summed E-state index contributed by atoms with van der Waals surface area (Å²) >= 11 is 0. The number of amides is 1. The van der Waals surface area contributed by atoms with Crippen molar-refractivity contribution in [2.75, 3.05) is 5.73 Å². The molecule has 0 saturated heterocycles. The minimum absolute atomic E-state index is 0.0607. The van der Waals surface area contributed by atoms with Crippen molar-refractivity contribution in [1.29, 1.82) is 0 Å². The molecule has 0 unspecified atom stereocenters. The lowest BCUT2D eigenvalue weighted by Gasteiger charge is -2.04. The Balaban J connectivity index is 3.58. The van der Waals surface area contributed by atoms with Crippen molar-refractivity contribution in [3.05, 3.63) is 33.4 Å². The molecule has 14 heavy (non-hydrogen) atoms. The van der Waals surface area contributed by atoms with E-state index in [0.29, 0.717) is 5.56 Å².